The third-order valence-electron chi connectivity index (χ3n) is 5.51. The van der Waals surface area contributed by atoms with Crippen LogP contribution in [0.5, 0.6) is 0 Å². The molecule has 0 aliphatic carbocycles. The fourth-order valence-corrected chi connectivity index (χ4v) is 3.46. The maximum Gasteiger partial charge on any atom is 0.322 e. The van der Waals surface area contributed by atoms with Crippen LogP contribution in [0, 0.1) is 10.1 Å². The number of nitro benzene ring substituents is 1. The molecular formula is C26H29N3O3. The topological polar surface area (TPSA) is 75.5 Å². The lowest BCUT2D eigenvalue weighted by molar-refractivity contribution is -0.384. The van der Waals surface area contributed by atoms with Crippen LogP contribution in [0.4, 0.5) is 16.2 Å². The number of nitrogens with one attached hydrogen (secondary N) is 1. The molecule has 0 saturated heterocycles. The van der Waals surface area contributed by atoms with Gasteiger partial charge in [-0.15, -0.1) is 0 Å². The Morgan fingerprint density at radius 1 is 0.969 bits per heavy atom. The lowest BCUT2D eigenvalue weighted by Gasteiger charge is -2.30. The van der Waals surface area contributed by atoms with Crippen molar-refractivity contribution < 1.29 is 9.72 Å². The molecule has 32 heavy (non-hydrogen) atoms. The van der Waals surface area contributed by atoms with Crippen molar-refractivity contribution in [1.29, 1.82) is 0 Å². The summed E-state index contributed by atoms with van der Waals surface area (Å²) in [6, 6.07) is 23.6. The lowest BCUT2D eigenvalue weighted by atomic mass is 9.86. The van der Waals surface area contributed by atoms with Crippen LogP contribution < -0.4 is 5.32 Å². The molecule has 0 aliphatic rings. The summed E-state index contributed by atoms with van der Waals surface area (Å²) in [5.74, 6) is 0. The van der Waals surface area contributed by atoms with Crippen molar-refractivity contribution in [1.82, 2.24) is 4.90 Å². The van der Waals surface area contributed by atoms with Gasteiger partial charge in [-0.3, -0.25) is 10.1 Å². The summed E-state index contributed by atoms with van der Waals surface area (Å²) in [5, 5.41) is 13.8. The normalized spacial score (nSPS) is 12.1. The fraction of sp³-hybridized carbons (Fsp3) is 0.269. The molecule has 1 atom stereocenters. The first-order valence-corrected chi connectivity index (χ1v) is 10.6. The first-order chi connectivity index (χ1) is 15.1. The second kappa shape index (κ2) is 9.64. The first-order valence-electron chi connectivity index (χ1n) is 10.6. The highest BCUT2D eigenvalue weighted by atomic mass is 16.6. The average molecular weight is 432 g/mol. The van der Waals surface area contributed by atoms with Gasteiger partial charge in [0, 0.05) is 24.4 Å². The van der Waals surface area contributed by atoms with Crippen LogP contribution >= 0.6 is 0 Å². The minimum absolute atomic E-state index is 0.0172. The first kappa shape index (κ1) is 23.0. The number of nitro groups is 1. The zero-order chi connectivity index (χ0) is 23.3. The summed E-state index contributed by atoms with van der Waals surface area (Å²) in [5.41, 5.74) is 3.84. The molecule has 0 spiro atoms. The maximum atomic E-state index is 13.3. The largest absolute Gasteiger partial charge is 0.322 e. The monoisotopic (exact) mass is 431 g/mol. The highest BCUT2D eigenvalue weighted by Gasteiger charge is 2.23. The molecule has 0 radical (unpaired) electrons. The number of nitrogens with zero attached hydrogens (tertiary/aromatic N) is 2. The Hall–Kier alpha value is -3.67. The van der Waals surface area contributed by atoms with Gasteiger partial charge in [0.1, 0.15) is 0 Å². The predicted molar refractivity (Wildman–Crippen MR) is 128 cm³/mol. The van der Waals surface area contributed by atoms with Crippen molar-refractivity contribution >= 4 is 17.4 Å². The Labute approximate surface area is 189 Å². The molecular weight excluding hydrogens is 402 g/mol. The average Bonchev–Trinajstić information content (AvgIpc) is 2.77. The van der Waals surface area contributed by atoms with Gasteiger partial charge in [-0.05, 0) is 41.2 Å². The maximum absolute atomic E-state index is 13.3. The van der Waals surface area contributed by atoms with E-state index in [9.17, 15) is 14.9 Å². The van der Waals surface area contributed by atoms with Crippen molar-refractivity contribution in [3.05, 3.63) is 106 Å². The molecule has 6 nitrogen and oxygen atoms in total. The smallest absolute Gasteiger partial charge is 0.313 e. The Kier molecular flexibility index (Phi) is 6.93. The minimum Gasteiger partial charge on any atom is -0.313 e. The van der Waals surface area contributed by atoms with Crippen LogP contribution in [0.15, 0.2) is 78.9 Å². The van der Waals surface area contributed by atoms with Crippen LogP contribution in [-0.4, -0.2) is 15.9 Å². The van der Waals surface area contributed by atoms with Gasteiger partial charge < -0.3 is 10.2 Å². The van der Waals surface area contributed by atoms with Gasteiger partial charge in [-0.1, -0.05) is 75.4 Å². The highest BCUT2D eigenvalue weighted by molar-refractivity contribution is 5.89. The van der Waals surface area contributed by atoms with Gasteiger partial charge in [0.15, 0.2) is 0 Å². The Morgan fingerprint density at radius 2 is 1.56 bits per heavy atom. The number of non-ortho nitro benzene ring substituents is 1. The van der Waals surface area contributed by atoms with E-state index in [1.54, 1.807) is 17.0 Å². The molecule has 0 heterocycles. The van der Waals surface area contributed by atoms with Crippen LogP contribution in [0.3, 0.4) is 0 Å². The number of hydrogen-bond acceptors (Lipinski definition) is 3. The van der Waals surface area contributed by atoms with Crippen molar-refractivity contribution in [2.24, 2.45) is 0 Å². The summed E-state index contributed by atoms with van der Waals surface area (Å²) in [7, 11) is 0. The van der Waals surface area contributed by atoms with E-state index in [0.29, 0.717) is 12.2 Å². The highest BCUT2D eigenvalue weighted by Crippen LogP contribution is 2.26. The van der Waals surface area contributed by atoms with Crippen LogP contribution in [0.1, 0.15) is 50.4 Å². The molecule has 2 amide bonds. The van der Waals surface area contributed by atoms with Gasteiger partial charge in [0.2, 0.25) is 0 Å². The summed E-state index contributed by atoms with van der Waals surface area (Å²) in [6.45, 7) is 8.93. The van der Waals surface area contributed by atoms with Crippen molar-refractivity contribution in [2.75, 3.05) is 5.32 Å². The molecule has 1 N–H and O–H groups in total. The Balaban J connectivity index is 1.84. The van der Waals surface area contributed by atoms with E-state index < -0.39 is 4.92 Å². The van der Waals surface area contributed by atoms with Gasteiger partial charge in [0.25, 0.3) is 5.69 Å². The van der Waals surface area contributed by atoms with Crippen LogP contribution in [0.25, 0.3) is 0 Å². The summed E-state index contributed by atoms with van der Waals surface area (Å²) >= 11 is 0. The number of anilines is 1. The number of hydrogen-bond donors (Lipinski definition) is 1. The van der Waals surface area contributed by atoms with E-state index in [0.717, 1.165) is 11.1 Å². The number of benzene rings is 3. The van der Waals surface area contributed by atoms with E-state index in [-0.39, 0.29) is 23.2 Å². The van der Waals surface area contributed by atoms with E-state index in [1.165, 1.54) is 17.7 Å². The fourth-order valence-electron chi connectivity index (χ4n) is 3.46. The third kappa shape index (κ3) is 5.72. The molecule has 0 saturated carbocycles. The zero-order valence-corrected chi connectivity index (χ0v) is 18.9. The van der Waals surface area contributed by atoms with E-state index in [1.807, 2.05) is 37.3 Å². The molecule has 3 aromatic rings. The molecule has 0 fully saturated rings. The summed E-state index contributed by atoms with van der Waals surface area (Å²) in [4.78, 5) is 25.5. The number of carbonyl (C=O) groups excluding carboxylic acids is 1. The minimum atomic E-state index is -0.462. The van der Waals surface area contributed by atoms with E-state index in [2.05, 4.69) is 50.4 Å². The van der Waals surface area contributed by atoms with Gasteiger partial charge in [0.05, 0.1) is 11.0 Å². The van der Waals surface area contributed by atoms with Gasteiger partial charge in [-0.25, -0.2) is 4.79 Å². The van der Waals surface area contributed by atoms with Crippen molar-refractivity contribution in [2.45, 2.75) is 45.7 Å². The second-order valence-electron chi connectivity index (χ2n) is 8.90. The SMILES string of the molecule is CC(c1ccccc1)N(Cc1ccc(C(C)(C)C)cc1)C(=O)Nc1ccc([N+](=O)[O-])cc1. The molecule has 3 aromatic carbocycles. The number of amides is 2. The number of rotatable bonds is 6. The standard InChI is InChI=1S/C26H29N3O3/c1-19(21-8-6-5-7-9-21)28(18-20-10-12-22(13-11-20)26(2,3)4)25(30)27-23-14-16-24(17-15-23)29(31)32/h5-17,19H,18H2,1-4H3,(H,27,30). The Bertz CT molecular complexity index is 1060. The molecule has 1 unspecified atom stereocenters. The number of carbonyl (C=O) groups is 1. The molecule has 3 rings (SSSR count). The molecule has 0 aliphatic heterocycles. The lowest BCUT2D eigenvalue weighted by Crippen LogP contribution is -2.36. The second-order valence-corrected chi connectivity index (χ2v) is 8.90. The zero-order valence-electron chi connectivity index (χ0n) is 18.9. The number of urea groups is 1. The molecule has 0 bridgehead atoms. The van der Waals surface area contributed by atoms with Gasteiger partial charge >= 0.3 is 6.03 Å². The van der Waals surface area contributed by atoms with Crippen LogP contribution in [-0.2, 0) is 12.0 Å². The van der Waals surface area contributed by atoms with Crippen LogP contribution in [0.2, 0.25) is 0 Å². The summed E-state index contributed by atoms with van der Waals surface area (Å²) < 4.78 is 0. The molecule has 6 heteroatoms. The third-order valence-corrected chi connectivity index (χ3v) is 5.51. The van der Waals surface area contributed by atoms with E-state index >= 15 is 0 Å². The predicted octanol–water partition coefficient (Wildman–Crippen LogP) is 6.69. The van der Waals surface area contributed by atoms with Crippen molar-refractivity contribution in [3.63, 3.8) is 0 Å². The Morgan fingerprint density at radius 3 is 2.09 bits per heavy atom. The van der Waals surface area contributed by atoms with E-state index in [4.69, 9.17) is 0 Å². The molecule has 0 aromatic heterocycles. The molecule has 166 valence electrons. The van der Waals surface area contributed by atoms with Crippen molar-refractivity contribution in [3.8, 4) is 0 Å². The quantitative estimate of drug-likeness (QED) is 0.349. The summed E-state index contributed by atoms with van der Waals surface area (Å²) in [6.07, 6.45) is 0. The van der Waals surface area contributed by atoms with Gasteiger partial charge in [-0.2, -0.15) is 0 Å².